The normalized spacial score (nSPS) is 20.8. The van der Waals surface area contributed by atoms with Gasteiger partial charge in [0.15, 0.2) is 12.3 Å². The van der Waals surface area contributed by atoms with Crippen LogP contribution in [-0.2, 0) is 15.2 Å². The molecule has 0 amide bonds. The van der Waals surface area contributed by atoms with Crippen molar-refractivity contribution in [1.82, 2.24) is 20.2 Å². The number of aliphatic hydroxyl groups excluding tert-OH is 1. The number of carbonyl (C=O) groups is 1. The Bertz CT molecular complexity index is 1380. The predicted octanol–water partition coefficient (Wildman–Crippen LogP) is 3.07. The Morgan fingerprint density at radius 3 is 2.76 bits per heavy atom. The van der Waals surface area contributed by atoms with Gasteiger partial charge in [0.25, 0.3) is 0 Å². The second-order valence-electron chi connectivity index (χ2n) is 8.62. The number of alkyl halides is 1. The number of aliphatic carboxylic acids is 1. The van der Waals surface area contributed by atoms with Gasteiger partial charge in [-0.25, -0.2) is 19.2 Å². The number of ether oxygens (including phenoxy) is 2. The van der Waals surface area contributed by atoms with Gasteiger partial charge in [-0.3, -0.25) is 0 Å². The van der Waals surface area contributed by atoms with Crippen LogP contribution in [0.25, 0.3) is 10.9 Å². The van der Waals surface area contributed by atoms with Crippen molar-refractivity contribution in [3.05, 3.63) is 70.8 Å². The highest BCUT2D eigenvalue weighted by Gasteiger charge is 2.38. The van der Waals surface area contributed by atoms with Crippen LogP contribution in [0.5, 0.6) is 5.88 Å². The minimum atomic E-state index is -2.06. The Hall–Kier alpha value is -3.67. The van der Waals surface area contributed by atoms with Gasteiger partial charge in [-0.1, -0.05) is 17.7 Å². The van der Waals surface area contributed by atoms with Gasteiger partial charge in [0.05, 0.1) is 30.1 Å². The van der Waals surface area contributed by atoms with Crippen LogP contribution < -0.4 is 9.64 Å². The summed E-state index contributed by atoms with van der Waals surface area (Å²) >= 11 is 6.36. The maximum absolute atomic E-state index is 16.5. The van der Waals surface area contributed by atoms with Crippen LogP contribution >= 0.6 is 11.6 Å². The van der Waals surface area contributed by atoms with Crippen LogP contribution in [0.4, 0.5) is 10.1 Å². The van der Waals surface area contributed by atoms with Crippen molar-refractivity contribution in [1.29, 1.82) is 0 Å². The molecule has 2 unspecified atom stereocenters. The first-order chi connectivity index (χ1) is 17.8. The number of aromatic nitrogens is 4. The second kappa shape index (κ2) is 10.4. The molecule has 0 spiro atoms. The van der Waals surface area contributed by atoms with E-state index in [1.807, 2.05) is 18.2 Å². The molecule has 0 bridgehead atoms. The van der Waals surface area contributed by atoms with Crippen molar-refractivity contribution in [3.63, 3.8) is 0 Å². The summed E-state index contributed by atoms with van der Waals surface area (Å²) in [6.45, 7) is 2.23. The number of hydrogen-bond acceptors (Lipinski definition) is 9. The van der Waals surface area contributed by atoms with Gasteiger partial charge in [-0.15, -0.1) is 10.2 Å². The molecule has 2 atom stereocenters. The molecule has 192 valence electrons. The maximum Gasteiger partial charge on any atom is 0.341 e. The van der Waals surface area contributed by atoms with Crippen LogP contribution in [-0.4, -0.2) is 69.3 Å². The summed E-state index contributed by atoms with van der Waals surface area (Å²) in [5, 5.41) is 28.0. The Morgan fingerprint density at radius 1 is 1.22 bits per heavy atom. The van der Waals surface area contributed by atoms with Gasteiger partial charge in [-0.05, 0) is 30.3 Å². The summed E-state index contributed by atoms with van der Waals surface area (Å²) in [4.78, 5) is 21.5. The molecule has 0 radical (unpaired) electrons. The zero-order valence-corrected chi connectivity index (χ0v) is 20.3. The van der Waals surface area contributed by atoms with E-state index >= 15 is 4.39 Å². The fourth-order valence-corrected chi connectivity index (χ4v) is 4.58. The number of benzene rings is 1. The zero-order valence-electron chi connectivity index (χ0n) is 19.5. The molecular weight excluding hydrogens is 505 g/mol. The molecule has 37 heavy (non-hydrogen) atoms. The number of aliphatic hydroxyl groups is 1. The molecule has 1 aromatic carbocycles. The van der Waals surface area contributed by atoms with Crippen LogP contribution in [0.2, 0.25) is 0 Å². The van der Waals surface area contributed by atoms with Crippen molar-refractivity contribution in [2.45, 2.75) is 18.2 Å². The van der Waals surface area contributed by atoms with E-state index in [0.717, 1.165) is 18.8 Å². The molecule has 2 aliphatic rings. The lowest BCUT2D eigenvalue weighted by Crippen LogP contribution is -2.36. The highest BCUT2D eigenvalue weighted by atomic mass is 35.5. The van der Waals surface area contributed by atoms with Gasteiger partial charge in [-0.2, -0.15) is 0 Å². The van der Waals surface area contributed by atoms with Crippen LogP contribution in [0.3, 0.4) is 0 Å². The van der Waals surface area contributed by atoms with Crippen LogP contribution in [0.15, 0.2) is 59.4 Å². The molecule has 1 aliphatic carbocycles. The first-order valence-electron chi connectivity index (χ1n) is 11.6. The largest absolute Gasteiger partial charge is 0.479 e. The van der Waals surface area contributed by atoms with Crippen molar-refractivity contribution >= 4 is 34.2 Å². The van der Waals surface area contributed by atoms with Crippen molar-refractivity contribution in [3.8, 4) is 5.88 Å². The average Bonchev–Trinajstić information content (AvgIpc) is 2.93. The first-order valence-corrected chi connectivity index (χ1v) is 11.9. The number of hydrogen-bond donors (Lipinski definition) is 2. The molecule has 5 rings (SSSR count). The fourth-order valence-electron chi connectivity index (χ4n) is 4.35. The Kier molecular flexibility index (Phi) is 7.00. The number of carboxylic acids is 1. The van der Waals surface area contributed by atoms with Crippen LogP contribution in [0, 0.1) is 0 Å². The summed E-state index contributed by atoms with van der Waals surface area (Å²) in [5.74, 6) is -1.19. The van der Waals surface area contributed by atoms with Crippen molar-refractivity contribution in [2.75, 3.05) is 37.8 Å². The molecule has 3 aromatic rings. The summed E-state index contributed by atoms with van der Waals surface area (Å²) in [6.07, 6.45) is 2.61. The van der Waals surface area contributed by atoms with E-state index in [-0.39, 0.29) is 34.3 Å². The van der Waals surface area contributed by atoms with E-state index < -0.39 is 24.3 Å². The second-order valence-corrected chi connectivity index (χ2v) is 9.03. The molecular formula is C25H23ClFN5O5. The van der Waals surface area contributed by atoms with Crippen molar-refractivity contribution in [2.24, 2.45) is 0 Å². The highest BCUT2D eigenvalue weighted by molar-refractivity contribution is 6.32. The first kappa shape index (κ1) is 25.0. The van der Waals surface area contributed by atoms with Crippen molar-refractivity contribution < 1.29 is 28.9 Å². The molecule has 3 heterocycles. The monoisotopic (exact) mass is 527 g/mol. The summed E-state index contributed by atoms with van der Waals surface area (Å²) in [6, 6.07) is 8.40. The van der Waals surface area contributed by atoms with Gasteiger partial charge in [0.1, 0.15) is 12.4 Å². The number of carboxylic acid groups (broad SMARTS) is 1. The third kappa shape index (κ3) is 5.24. The number of halogens is 2. The minimum Gasteiger partial charge on any atom is -0.479 e. The van der Waals surface area contributed by atoms with Gasteiger partial charge < -0.3 is 24.6 Å². The SMILES string of the molecule is O=C(O)COc1ccc(C(O)C2=CC(F)(c3ncnc4cc(N5CCOCC5)ccc34)CC=C2Cl)nn1. The number of morpholine rings is 1. The Balaban J connectivity index is 1.45. The van der Waals surface area contributed by atoms with Gasteiger partial charge >= 0.3 is 5.97 Å². The number of rotatable bonds is 7. The number of anilines is 1. The van der Waals surface area contributed by atoms with Gasteiger partial charge in [0, 0.05) is 47.3 Å². The third-order valence-electron chi connectivity index (χ3n) is 6.21. The smallest absolute Gasteiger partial charge is 0.341 e. The molecule has 1 saturated heterocycles. The fraction of sp³-hybridized carbons (Fsp3) is 0.320. The summed E-state index contributed by atoms with van der Waals surface area (Å²) < 4.78 is 26.9. The Labute approximate surface area is 216 Å². The predicted molar refractivity (Wildman–Crippen MR) is 132 cm³/mol. The van der Waals surface area contributed by atoms with Gasteiger partial charge in [0.2, 0.25) is 5.88 Å². The Morgan fingerprint density at radius 2 is 2.03 bits per heavy atom. The standard InChI is InChI=1S/C25H23ClFN5O5/c26-18-5-6-25(27,12-17(18)23(35)19-3-4-21(31-30-19)37-13-22(33)34)24-16-2-1-15(11-20(16)28-14-29-24)32-7-9-36-10-8-32/h1-5,11-12,14,23,35H,6-10,13H2,(H,33,34). The lowest BCUT2D eigenvalue weighted by Gasteiger charge is -2.30. The molecule has 1 aliphatic heterocycles. The quantitative estimate of drug-likeness (QED) is 0.472. The van der Waals surface area contributed by atoms with E-state index in [4.69, 9.17) is 26.2 Å². The van der Waals surface area contributed by atoms with E-state index in [2.05, 4.69) is 25.1 Å². The summed E-state index contributed by atoms with van der Waals surface area (Å²) in [7, 11) is 0. The highest BCUT2D eigenvalue weighted by Crippen LogP contribution is 2.44. The maximum atomic E-state index is 16.5. The van der Waals surface area contributed by atoms with E-state index in [1.165, 1.54) is 30.6 Å². The zero-order chi connectivity index (χ0) is 26.0. The molecule has 2 N–H and O–H groups in total. The van der Waals surface area contributed by atoms with E-state index in [0.29, 0.717) is 24.1 Å². The summed E-state index contributed by atoms with van der Waals surface area (Å²) in [5.41, 5.74) is -0.118. The average molecular weight is 528 g/mol. The lowest BCUT2D eigenvalue weighted by molar-refractivity contribution is -0.139. The molecule has 10 nitrogen and oxygen atoms in total. The minimum absolute atomic E-state index is 0.0265. The third-order valence-corrected chi connectivity index (χ3v) is 6.58. The lowest BCUT2D eigenvalue weighted by atomic mass is 9.86. The number of fused-ring (bicyclic) bond motifs is 1. The van der Waals surface area contributed by atoms with E-state index in [1.54, 1.807) is 0 Å². The molecule has 2 aromatic heterocycles. The molecule has 1 fully saturated rings. The topological polar surface area (TPSA) is 131 Å². The molecule has 0 saturated carbocycles. The number of nitrogens with zero attached hydrogens (tertiary/aromatic N) is 5. The number of allylic oxidation sites excluding steroid dienone is 2. The van der Waals surface area contributed by atoms with Crippen LogP contribution in [0.1, 0.15) is 23.9 Å². The van der Waals surface area contributed by atoms with E-state index in [9.17, 15) is 9.90 Å². The molecule has 12 heteroatoms.